The van der Waals surface area contributed by atoms with Gasteiger partial charge in [0.05, 0.1) is 0 Å². The van der Waals surface area contributed by atoms with Crippen molar-refractivity contribution in [2.45, 2.75) is 213 Å². The molecule has 0 rings (SSSR count). The van der Waals surface area contributed by atoms with Crippen LogP contribution in [0.15, 0.2) is 24.3 Å². The first-order chi connectivity index (χ1) is 23.5. The van der Waals surface area contributed by atoms with Gasteiger partial charge in [-0.1, -0.05) is 173 Å². The van der Waals surface area contributed by atoms with E-state index >= 15 is 0 Å². The molecule has 0 aliphatic heterocycles. The van der Waals surface area contributed by atoms with Crippen LogP contribution >= 0.6 is 0 Å². The molecular formula is C42H76O6. The van der Waals surface area contributed by atoms with Gasteiger partial charge in [-0.2, -0.15) is 0 Å². The summed E-state index contributed by atoms with van der Waals surface area (Å²) in [5.74, 6) is -0.416. The molecule has 0 fully saturated rings. The Balaban J connectivity index is 3.46. The van der Waals surface area contributed by atoms with Crippen LogP contribution < -0.4 is 0 Å². The zero-order valence-corrected chi connectivity index (χ0v) is 31.5. The van der Waals surface area contributed by atoms with Gasteiger partial charge >= 0.3 is 11.9 Å². The summed E-state index contributed by atoms with van der Waals surface area (Å²) in [4.78, 5) is 35.6. The fourth-order valence-corrected chi connectivity index (χ4v) is 5.77. The molecule has 0 saturated heterocycles. The second-order valence-electron chi connectivity index (χ2n) is 13.8. The number of aliphatic hydroxyl groups is 1. The standard InChI is InChI=1S/C42H76O6/c1-3-5-7-8-9-10-11-12-13-14-15-16-17-18-21-24-27-31-35-41(45)47-37-40(44)38-48-42(46)36-32-28-25-22-19-20-23-26-30-34-39(43)33-29-6-4-2/h23,26,30,34,40,44H,3-22,24-25,27-29,31-33,35-38H2,1-2H3/b26-23-,34-30+/t40-/m1/s1. The Morgan fingerprint density at radius 3 is 1.27 bits per heavy atom. The lowest BCUT2D eigenvalue weighted by atomic mass is 10.0. The van der Waals surface area contributed by atoms with E-state index in [-0.39, 0.29) is 30.9 Å². The summed E-state index contributed by atoms with van der Waals surface area (Å²) >= 11 is 0. The van der Waals surface area contributed by atoms with E-state index in [0.717, 1.165) is 77.0 Å². The van der Waals surface area contributed by atoms with E-state index in [2.05, 4.69) is 19.9 Å². The molecule has 0 aromatic rings. The van der Waals surface area contributed by atoms with E-state index in [4.69, 9.17) is 9.47 Å². The predicted molar refractivity (Wildman–Crippen MR) is 201 cm³/mol. The number of carbonyl (C=O) groups is 3. The molecule has 0 bridgehead atoms. The number of rotatable bonds is 37. The zero-order valence-electron chi connectivity index (χ0n) is 31.5. The lowest BCUT2D eigenvalue weighted by Crippen LogP contribution is -2.25. The van der Waals surface area contributed by atoms with Crippen molar-refractivity contribution < 1.29 is 29.0 Å². The normalized spacial score (nSPS) is 12.2. The highest BCUT2D eigenvalue weighted by Gasteiger charge is 2.12. The third kappa shape index (κ3) is 36.9. The number of esters is 2. The molecule has 6 nitrogen and oxygen atoms in total. The van der Waals surface area contributed by atoms with E-state index in [0.29, 0.717) is 19.3 Å². The monoisotopic (exact) mass is 677 g/mol. The minimum absolute atomic E-state index is 0.134. The van der Waals surface area contributed by atoms with E-state index in [1.54, 1.807) is 6.08 Å². The van der Waals surface area contributed by atoms with Crippen molar-refractivity contribution >= 4 is 17.7 Å². The lowest BCUT2D eigenvalue weighted by Gasteiger charge is -2.12. The van der Waals surface area contributed by atoms with E-state index in [1.807, 2.05) is 12.2 Å². The summed E-state index contributed by atoms with van der Waals surface area (Å²) in [6.07, 6.45) is 40.7. The fraction of sp³-hybridized carbons (Fsp3) is 0.833. The number of aliphatic hydroxyl groups excluding tert-OH is 1. The van der Waals surface area contributed by atoms with Gasteiger partial charge in [0.25, 0.3) is 0 Å². The van der Waals surface area contributed by atoms with E-state index in [1.165, 1.54) is 96.3 Å². The molecule has 0 aliphatic carbocycles. The molecule has 0 aromatic carbocycles. The van der Waals surface area contributed by atoms with Crippen LogP contribution in [0.4, 0.5) is 0 Å². The zero-order chi connectivity index (χ0) is 35.2. The summed E-state index contributed by atoms with van der Waals surface area (Å²) in [6, 6.07) is 0. The van der Waals surface area contributed by atoms with Crippen LogP contribution in [-0.4, -0.2) is 42.1 Å². The van der Waals surface area contributed by atoms with Crippen LogP contribution in [0.3, 0.4) is 0 Å². The largest absolute Gasteiger partial charge is 0.463 e. The molecule has 1 atom stereocenters. The molecule has 0 saturated carbocycles. The summed E-state index contributed by atoms with van der Waals surface area (Å²) < 4.78 is 10.3. The first-order valence-electron chi connectivity index (χ1n) is 20.3. The summed E-state index contributed by atoms with van der Waals surface area (Å²) in [5.41, 5.74) is 0. The van der Waals surface area contributed by atoms with Crippen molar-refractivity contribution in [1.29, 1.82) is 0 Å². The van der Waals surface area contributed by atoms with Crippen molar-refractivity contribution in [3.05, 3.63) is 24.3 Å². The topological polar surface area (TPSA) is 89.9 Å². The van der Waals surface area contributed by atoms with Gasteiger partial charge in [0.1, 0.15) is 19.3 Å². The molecule has 0 unspecified atom stereocenters. The minimum atomic E-state index is -0.986. The Morgan fingerprint density at radius 1 is 0.479 bits per heavy atom. The predicted octanol–water partition coefficient (Wildman–Crippen LogP) is 11.9. The second kappa shape index (κ2) is 37.9. The van der Waals surface area contributed by atoms with Crippen LogP contribution in [0.2, 0.25) is 0 Å². The smallest absolute Gasteiger partial charge is 0.305 e. The van der Waals surface area contributed by atoms with Crippen LogP contribution in [-0.2, 0) is 23.9 Å². The molecule has 48 heavy (non-hydrogen) atoms. The highest BCUT2D eigenvalue weighted by molar-refractivity contribution is 5.89. The Morgan fingerprint density at radius 2 is 0.833 bits per heavy atom. The van der Waals surface area contributed by atoms with Crippen LogP contribution in [0.5, 0.6) is 0 Å². The number of ketones is 1. The van der Waals surface area contributed by atoms with Crippen molar-refractivity contribution in [2.24, 2.45) is 0 Å². The molecule has 0 heterocycles. The van der Waals surface area contributed by atoms with Crippen molar-refractivity contribution in [2.75, 3.05) is 13.2 Å². The highest BCUT2D eigenvalue weighted by Crippen LogP contribution is 2.15. The molecule has 6 heteroatoms. The second-order valence-corrected chi connectivity index (χ2v) is 13.8. The third-order valence-corrected chi connectivity index (χ3v) is 8.92. The van der Waals surface area contributed by atoms with Gasteiger partial charge in [-0.05, 0) is 38.2 Å². The average Bonchev–Trinajstić information content (AvgIpc) is 3.08. The van der Waals surface area contributed by atoms with Crippen LogP contribution in [0.1, 0.15) is 206 Å². The Labute approximate surface area is 296 Å². The maximum Gasteiger partial charge on any atom is 0.305 e. The summed E-state index contributed by atoms with van der Waals surface area (Å²) in [5, 5.41) is 10.0. The highest BCUT2D eigenvalue weighted by atomic mass is 16.6. The first-order valence-corrected chi connectivity index (χ1v) is 20.3. The van der Waals surface area contributed by atoms with Gasteiger partial charge < -0.3 is 14.6 Å². The van der Waals surface area contributed by atoms with Crippen molar-refractivity contribution in [3.63, 3.8) is 0 Å². The molecule has 0 radical (unpaired) electrons. The van der Waals surface area contributed by atoms with E-state index < -0.39 is 6.10 Å². The first kappa shape index (κ1) is 46.0. The minimum Gasteiger partial charge on any atom is -0.463 e. The average molecular weight is 677 g/mol. The molecule has 280 valence electrons. The van der Waals surface area contributed by atoms with Gasteiger partial charge in [0.15, 0.2) is 5.78 Å². The van der Waals surface area contributed by atoms with Crippen LogP contribution in [0.25, 0.3) is 0 Å². The number of hydrogen-bond donors (Lipinski definition) is 1. The summed E-state index contributed by atoms with van der Waals surface area (Å²) in [6.45, 7) is 4.13. The Hall–Kier alpha value is -1.95. The van der Waals surface area contributed by atoms with Gasteiger partial charge in [-0.15, -0.1) is 0 Å². The quantitative estimate of drug-likeness (QED) is 0.0305. The SMILES string of the molecule is CCCCCCCCCCCCCCCCCCCCC(=O)OC[C@@H](O)COC(=O)CCCCCCC/C=C\C=C\C(=O)CCCCC. The molecule has 0 amide bonds. The number of hydrogen-bond acceptors (Lipinski definition) is 6. The molecule has 0 aliphatic rings. The number of allylic oxidation sites excluding steroid dienone is 4. The van der Waals surface area contributed by atoms with E-state index in [9.17, 15) is 19.5 Å². The molecule has 0 spiro atoms. The Bertz CT molecular complexity index is 789. The number of unbranched alkanes of at least 4 members (excludes halogenated alkanes) is 24. The molecule has 1 N–H and O–H groups in total. The number of ether oxygens (including phenoxy) is 2. The van der Waals surface area contributed by atoms with Gasteiger partial charge in [0.2, 0.25) is 0 Å². The van der Waals surface area contributed by atoms with Crippen molar-refractivity contribution in [1.82, 2.24) is 0 Å². The molecule has 0 aromatic heterocycles. The maximum absolute atomic E-state index is 12.0. The Kier molecular flexibility index (Phi) is 36.3. The van der Waals surface area contributed by atoms with Crippen LogP contribution in [0, 0.1) is 0 Å². The maximum atomic E-state index is 12.0. The van der Waals surface area contributed by atoms with Crippen molar-refractivity contribution in [3.8, 4) is 0 Å². The van der Waals surface area contributed by atoms with Gasteiger partial charge in [-0.25, -0.2) is 0 Å². The van der Waals surface area contributed by atoms with Gasteiger partial charge in [0, 0.05) is 19.3 Å². The number of carbonyl (C=O) groups excluding carboxylic acids is 3. The molecular weight excluding hydrogens is 600 g/mol. The third-order valence-electron chi connectivity index (χ3n) is 8.92. The summed E-state index contributed by atoms with van der Waals surface area (Å²) in [7, 11) is 0. The lowest BCUT2D eigenvalue weighted by molar-refractivity contribution is -0.152. The fourth-order valence-electron chi connectivity index (χ4n) is 5.77. The van der Waals surface area contributed by atoms with Gasteiger partial charge in [-0.3, -0.25) is 14.4 Å².